The zero-order valence-electron chi connectivity index (χ0n) is 14.7. The maximum atomic E-state index is 12.3. The van der Waals surface area contributed by atoms with Gasteiger partial charge in [0.25, 0.3) is 0 Å². The smallest absolute Gasteiger partial charge is 0.218 e. The molecule has 6 nitrogen and oxygen atoms in total. The lowest BCUT2D eigenvalue weighted by molar-refractivity contribution is -0.156. The molecule has 3 aromatic rings. The molecule has 0 radical (unpaired) electrons. The zero-order chi connectivity index (χ0) is 19.3. The van der Waals surface area contributed by atoms with E-state index in [0.717, 1.165) is 11.3 Å². The van der Waals surface area contributed by atoms with Crippen LogP contribution in [0.2, 0.25) is 5.02 Å². The van der Waals surface area contributed by atoms with Crippen LogP contribution in [0.25, 0.3) is 17.1 Å². The van der Waals surface area contributed by atoms with Crippen LogP contribution in [0.15, 0.2) is 54.6 Å². The van der Waals surface area contributed by atoms with E-state index in [1.54, 1.807) is 4.68 Å². The first-order valence-corrected chi connectivity index (χ1v) is 9.73. The van der Waals surface area contributed by atoms with Crippen LogP contribution in [0.1, 0.15) is 12.5 Å². The summed E-state index contributed by atoms with van der Waals surface area (Å²) in [5.41, 5.74) is 1.77. The van der Waals surface area contributed by atoms with Gasteiger partial charge in [-0.25, -0.2) is 4.68 Å². The number of nitrogens with zero attached hydrogens (tertiary/aromatic N) is 3. The summed E-state index contributed by atoms with van der Waals surface area (Å²) in [5, 5.41) is 5.45. The summed E-state index contributed by atoms with van der Waals surface area (Å²) in [4.78, 5) is 12.3. The number of benzene rings is 2. The third-order valence-electron chi connectivity index (χ3n) is 5.05. The first-order chi connectivity index (χ1) is 13.6. The first kappa shape index (κ1) is 17.8. The number of para-hydroxylation sites is 1. The van der Waals surface area contributed by atoms with Crippen molar-refractivity contribution < 1.29 is 14.3 Å². The minimum Gasteiger partial charge on any atom is -0.343 e. The maximum Gasteiger partial charge on any atom is 0.218 e. The average Bonchev–Trinajstić information content (AvgIpc) is 3.29. The van der Waals surface area contributed by atoms with Crippen LogP contribution >= 0.6 is 23.8 Å². The Morgan fingerprint density at radius 3 is 2.61 bits per heavy atom. The Bertz CT molecular complexity index is 1090. The van der Waals surface area contributed by atoms with Gasteiger partial charge in [0.05, 0.1) is 12.6 Å². The summed E-state index contributed by atoms with van der Waals surface area (Å²) < 4.78 is 15.3. The third-order valence-corrected chi connectivity index (χ3v) is 5.67. The number of Topliss-reactive ketones (excluding diaryl/α,β-unsaturated/α-hetero) is 1. The summed E-state index contributed by atoms with van der Waals surface area (Å²) in [7, 11) is 0. The van der Waals surface area contributed by atoms with Gasteiger partial charge in [0.15, 0.2) is 11.6 Å². The number of carbonyl (C=O) groups excluding carboxylic acids is 1. The van der Waals surface area contributed by atoms with Crippen molar-refractivity contribution in [2.45, 2.75) is 24.9 Å². The van der Waals surface area contributed by atoms with E-state index < -0.39 is 6.29 Å². The van der Waals surface area contributed by atoms with Gasteiger partial charge < -0.3 is 9.47 Å². The fraction of sp³-hybridized carbons (Fsp3) is 0.250. The molecule has 3 atom stereocenters. The molecule has 0 unspecified atom stereocenters. The molecule has 5 rings (SSSR count). The summed E-state index contributed by atoms with van der Waals surface area (Å²) in [6, 6.07) is 16.9. The molecule has 0 spiro atoms. The standard InChI is InChI=1S/C20H16ClN3O3S/c21-13-8-6-12(7-9-13)18-22-24(15-10-16(25)19-26-11-17(15)27-19)20(28)23(18)14-4-2-1-3-5-14/h1-9,15,17,19H,10-11H2/t15-,17-,19-/m0/s1. The van der Waals surface area contributed by atoms with Gasteiger partial charge in [0, 0.05) is 22.7 Å². The monoisotopic (exact) mass is 413 g/mol. The summed E-state index contributed by atoms with van der Waals surface area (Å²) in [6.45, 7) is 0.358. The number of carbonyl (C=O) groups is 1. The topological polar surface area (TPSA) is 58.3 Å². The second-order valence-electron chi connectivity index (χ2n) is 6.81. The van der Waals surface area contributed by atoms with Crippen molar-refractivity contribution in [1.29, 1.82) is 0 Å². The molecule has 0 saturated carbocycles. The van der Waals surface area contributed by atoms with Gasteiger partial charge in [-0.2, -0.15) is 5.10 Å². The first-order valence-electron chi connectivity index (χ1n) is 8.94. The van der Waals surface area contributed by atoms with E-state index >= 15 is 0 Å². The molecular formula is C20H16ClN3O3S. The molecule has 2 aliphatic heterocycles. The quantitative estimate of drug-likeness (QED) is 0.608. The molecule has 3 heterocycles. The second kappa shape index (κ2) is 6.93. The van der Waals surface area contributed by atoms with E-state index in [2.05, 4.69) is 0 Å². The van der Waals surface area contributed by atoms with E-state index in [-0.39, 0.29) is 24.3 Å². The van der Waals surface area contributed by atoms with Crippen molar-refractivity contribution in [3.63, 3.8) is 0 Å². The zero-order valence-corrected chi connectivity index (χ0v) is 16.3. The van der Waals surface area contributed by atoms with Crippen molar-refractivity contribution in [3.05, 3.63) is 64.4 Å². The molecule has 2 fully saturated rings. The lowest BCUT2D eigenvalue weighted by Gasteiger charge is -2.26. The number of aromatic nitrogens is 3. The van der Waals surface area contributed by atoms with Gasteiger partial charge in [0.1, 0.15) is 6.10 Å². The highest BCUT2D eigenvalue weighted by molar-refractivity contribution is 7.71. The predicted molar refractivity (Wildman–Crippen MR) is 106 cm³/mol. The molecule has 142 valence electrons. The van der Waals surface area contributed by atoms with E-state index in [9.17, 15) is 4.79 Å². The van der Waals surface area contributed by atoms with Crippen molar-refractivity contribution in [2.75, 3.05) is 6.61 Å². The normalized spacial score (nSPS) is 23.9. The lowest BCUT2D eigenvalue weighted by Crippen LogP contribution is -2.37. The van der Waals surface area contributed by atoms with Crippen LogP contribution < -0.4 is 0 Å². The Morgan fingerprint density at radius 2 is 1.86 bits per heavy atom. The minimum absolute atomic E-state index is 0.0806. The van der Waals surface area contributed by atoms with Crippen molar-refractivity contribution >= 4 is 29.6 Å². The van der Waals surface area contributed by atoms with Crippen LogP contribution in [0.4, 0.5) is 0 Å². The van der Waals surface area contributed by atoms with Gasteiger partial charge in [0.2, 0.25) is 11.1 Å². The number of hydrogen-bond acceptors (Lipinski definition) is 5. The summed E-state index contributed by atoms with van der Waals surface area (Å²) >= 11 is 11.8. The van der Waals surface area contributed by atoms with Crippen LogP contribution in [-0.4, -0.2) is 39.1 Å². The number of rotatable bonds is 3. The predicted octanol–water partition coefficient (Wildman–Crippen LogP) is 3.98. The van der Waals surface area contributed by atoms with E-state index in [1.165, 1.54) is 0 Å². The van der Waals surface area contributed by atoms with Crippen LogP contribution in [0.3, 0.4) is 0 Å². The molecule has 2 aromatic carbocycles. The van der Waals surface area contributed by atoms with E-state index in [1.807, 2.05) is 59.2 Å². The molecule has 0 amide bonds. The summed E-state index contributed by atoms with van der Waals surface area (Å²) in [5.74, 6) is 0.601. The van der Waals surface area contributed by atoms with Gasteiger partial charge in [-0.3, -0.25) is 9.36 Å². The van der Waals surface area contributed by atoms with Gasteiger partial charge in [-0.05, 0) is 48.6 Å². The highest BCUT2D eigenvalue weighted by Gasteiger charge is 2.45. The van der Waals surface area contributed by atoms with E-state index in [0.29, 0.717) is 22.2 Å². The molecule has 0 aliphatic carbocycles. The number of ketones is 1. The Hall–Kier alpha value is -2.32. The van der Waals surface area contributed by atoms with Gasteiger partial charge >= 0.3 is 0 Å². The largest absolute Gasteiger partial charge is 0.343 e. The van der Waals surface area contributed by atoms with Gasteiger partial charge in [-0.1, -0.05) is 29.8 Å². The molecular weight excluding hydrogens is 398 g/mol. The molecule has 2 bridgehead atoms. The minimum atomic E-state index is -0.748. The molecule has 28 heavy (non-hydrogen) atoms. The molecule has 1 aromatic heterocycles. The Balaban J connectivity index is 1.68. The van der Waals surface area contributed by atoms with E-state index in [4.69, 9.17) is 38.4 Å². The Morgan fingerprint density at radius 1 is 1.11 bits per heavy atom. The Labute approximate surface area is 171 Å². The molecule has 2 aliphatic rings. The number of ether oxygens (including phenoxy) is 2. The fourth-order valence-corrected chi connectivity index (χ4v) is 4.16. The maximum absolute atomic E-state index is 12.3. The highest BCUT2D eigenvalue weighted by Crippen LogP contribution is 2.34. The number of hydrogen-bond donors (Lipinski definition) is 0. The van der Waals surface area contributed by atoms with Crippen LogP contribution in [0, 0.1) is 4.77 Å². The molecule has 0 N–H and O–H groups in total. The Kier molecular flexibility index (Phi) is 4.40. The average molecular weight is 414 g/mol. The number of halogens is 1. The van der Waals surface area contributed by atoms with Crippen molar-refractivity contribution in [3.8, 4) is 17.1 Å². The second-order valence-corrected chi connectivity index (χ2v) is 7.61. The number of fused-ring (bicyclic) bond motifs is 2. The highest BCUT2D eigenvalue weighted by atomic mass is 35.5. The fourth-order valence-electron chi connectivity index (χ4n) is 3.66. The lowest BCUT2D eigenvalue weighted by atomic mass is 10.0. The SMILES string of the molecule is O=C1C[C@H](n2nc(-c3ccc(Cl)cc3)n(-c3ccccc3)c2=S)[C@@H]2CO[C@H]1O2. The molecule has 8 heteroatoms. The summed E-state index contributed by atoms with van der Waals surface area (Å²) in [6.07, 6.45) is -0.705. The van der Waals surface area contributed by atoms with Gasteiger partial charge in [-0.15, -0.1) is 0 Å². The van der Waals surface area contributed by atoms with Crippen LogP contribution in [-0.2, 0) is 14.3 Å². The van der Waals surface area contributed by atoms with Crippen molar-refractivity contribution in [2.24, 2.45) is 0 Å². The molecule has 2 saturated heterocycles. The van der Waals surface area contributed by atoms with Crippen molar-refractivity contribution in [1.82, 2.24) is 14.3 Å². The third kappa shape index (κ3) is 2.91. The van der Waals surface area contributed by atoms with Crippen LogP contribution in [0.5, 0.6) is 0 Å².